The minimum atomic E-state index is -0.158. The summed E-state index contributed by atoms with van der Waals surface area (Å²) in [5, 5.41) is 6.56. The van der Waals surface area contributed by atoms with Crippen LogP contribution in [0.1, 0.15) is 68.1 Å². The lowest BCUT2D eigenvalue weighted by molar-refractivity contribution is -0.126. The lowest BCUT2D eigenvalue weighted by Crippen LogP contribution is -2.41. The summed E-state index contributed by atoms with van der Waals surface area (Å²) < 4.78 is 0. The highest BCUT2D eigenvalue weighted by atomic mass is 16.3. The average molecular weight is 326 g/mol. The number of nitroso groups, excluding NO2 is 1. The SMILES string of the molecule is CCNC(=O)[C@H]1c2c(C)cccc2C2CC[C@@]3(C)C[C@]21CC3N=O. The van der Waals surface area contributed by atoms with Crippen molar-refractivity contribution in [2.24, 2.45) is 16.0 Å². The highest BCUT2D eigenvalue weighted by Gasteiger charge is 2.67. The van der Waals surface area contributed by atoms with Crippen molar-refractivity contribution in [3.8, 4) is 0 Å². The molecule has 0 aliphatic heterocycles. The molecule has 4 heteroatoms. The molecule has 128 valence electrons. The molecule has 1 aromatic carbocycles. The molecule has 5 atom stereocenters. The zero-order valence-corrected chi connectivity index (χ0v) is 14.8. The number of carbonyl (C=O) groups excluding carboxylic acids is 1. The van der Waals surface area contributed by atoms with Gasteiger partial charge in [-0.25, -0.2) is 0 Å². The van der Waals surface area contributed by atoms with E-state index in [1.807, 2.05) is 6.92 Å². The molecule has 0 aromatic heterocycles. The van der Waals surface area contributed by atoms with Crippen molar-refractivity contribution in [3.05, 3.63) is 39.8 Å². The lowest BCUT2D eigenvalue weighted by atomic mass is 9.60. The molecule has 2 fully saturated rings. The summed E-state index contributed by atoms with van der Waals surface area (Å²) in [4.78, 5) is 24.6. The van der Waals surface area contributed by atoms with Gasteiger partial charge in [0.15, 0.2) is 0 Å². The number of likely N-dealkylation sites (N-methyl/N-ethyl adjacent to an activating group) is 1. The van der Waals surface area contributed by atoms with E-state index >= 15 is 0 Å². The first-order chi connectivity index (χ1) is 11.5. The molecule has 1 spiro atoms. The van der Waals surface area contributed by atoms with Crippen LogP contribution in [0.25, 0.3) is 0 Å². The lowest BCUT2D eigenvalue weighted by Gasteiger charge is -2.43. The van der Waals surface area contributed by atoms with Gasteiger partial charge in [0.2, 0.25) is 5.91 Å². The van der Waals surface area contributed by atoms with Gasteiger partial charge in [0.25, 0.3) is 0 Å². The Morgan fingerprint density at radius 2 is 2.21 bits per heavy atom. The fourth-order valence-electron chi connectivity index (χ4n) is 6.24. The summed E-state index contributed by atoms with van der Waals surface area (Å²) in [6.45, 7) is 6.93. The Kier molecular flexibility index (Phi) is 3.38. The zero-order chi connectivity index (χ0) is 17.1. The number of hydrogen-bond donors (Lipinski definition) is 1. The molecule has 1 N–H and O–H groups in total. The van der Waals surface area contributed by atoms with E-state index in [0.717, 1.165) is 25.7 Å². The minimum Gasteiger partial charge on any atom is -0.356 e. The summed E-state index contributed by atoms with van der Waals surface area (Å²) in [6, 6.07) is 6.27. The first-order valence-corrected chi connectivity index (χ1v) is 9.16. The largest absolute Gasteiger partial charge is 0.356 e. The number of rotatable bonds is 3. The third-order valence-corrected chi connectivity index (χ3v) is 7.15. The van der Waals surface area contributed by atoms with Crippen molar-refractivity contribution in [1.82, 2.24) is 5.32 Å². The van der Waals surface area contributed by atoms with Crippen LogP contribution < -0.4 is 5.32 Å². The molecule has 1 amide bonds. The van der Waals surface area contributed by atoms with Crippen LogP contribution in [0.15, 0.2) is 23.4 Å². The molecule has 0 heterocycles. The van der Waals surface area contributed by atoms with Gasteiger partial charge in [-0.05, 0) is 73.0 Å². The van der Waals surface area contributed by atoms with Crippen molar-refractivity contribution < 1.29 is 4.79 Å². The summed E-state index contributed by atoms with van der Waals surface area (Å²) in [7, 11) is 0. The Morgan fingerprint density at radius 1 is 1.42 bits per heavy atom. The molecule has 2 bridgehead atoms. The maximum atomic E-state index is 13.1. The van der Waals surface area contributed by atoms with Crippen molar-refractivity contribution in [3.63, 3.8) is 0 Å². The Bertz CT molecular complexity index is 716. The van der Waals surface area contributed by atoms with Crippen LogP contribution in [-0.2, 0) is 4.79 Å². The van der Waals surface area contributed by atoms with Gasteiger partial charge in [0, 0.05) is 6.54 Å². The Balaban J connectivity index is 1.90. The molecule has 3 aliphatic rings. The van der Waals surface area contributed by atoms with Crippen LogP contribution in [-0.4, -0.2) is 18.5 Å². The molecule has 4 nitrogen and oxygen atoms in total. The highest BCUT2D eigenvalue weighted by Crippen LogP contribution is 2.73. The van der Waals surface area contributed by atoms with Gasteiger partial charge in [0.1, 0.15) is 0 Å². The zero-order valence-electron chi connectivity index (χ0n) is 14.8. The number of benzene rings is 1. The van der Waals surface area contributed by atoms with Crippen molar-refractivity contribution in [2.45, 2.75) is 64.3 Å². The topological polar surface area (TPSA) is 58.5 Å². The number of amides is 1. The molecular weight excluding hydrogens is 300 g/mol. The molecule has 4 rings (SSSR count). The number of carbonyl (C=O) groups is 1. The van der Waals surface area contributed by atoms with Gasteiger partial charge in [-0.2, -0.15) is 4.91 Å². The first-order valence-electron chi connectivity index (χ1n) is 9.16. The van der Waals surface area contributed by atoms with Gasteiger partial charge in [-0.3, -0.25) is 4.79 Å². The maximum absolute atomic E-state index is 13.1. The molecular formula is C20H26N2O2. The average Bonchev–Trinajstić information content (AvgIpc) is 2.95. The second-order valence-electron chi connectivity index (χ2n) is 8.39. The number of aryl methyl sites for hydroxylation is 1. The van der Waals surface area contributed by atoms with Crippen LogP contribution in [0.5, 0.6) is 0 Å². The Morgan fingerprint density at radius 3 is 2.92 bits per heavy atom. The van der Waals surface area contributed by atoms with Gasteiger partial charge < -0.3 is 5.32 Å². The quantitative estimate of drug-likeness (QED) is 0.853. The smallest absolute Gasteiger partial charge is 0.228 e. The van der Waals surface area contributed by atoms with Crippen LogP contribution in [0.2, 0.25) is 0 Å². The normalized spacial score (nSPS) is 39.2. The number of fused-ring (bicyclic) bond motifs is 3. The molecule has 24 heavy (non-hydrogen) atoms. The van der Waals surface area contributed by atoms with E-state index in [4.69, 9.17) is 0 Å². The molecule has 0 radical (unpaired) electrons. The number of nitrogens with one attached hydrogen (secondary N) is 1. The predicted octanol–water partition coefficient (Wildman–Crippen LogP) is 4.03. The van der Waals surface area contributed by atoms with E-state index < -0.39 is 0 Å². The van der Waals surface area contributed by atoms with Crippen LogP contribution in [0.4, 0.5) is 0 Å². The maximum Gasteiger partial charge on any atom is 0.228 e. The van der Waals surface area contributed by atoms with Crippen molar-refractivity contribution in [1.29, 1.82) is 0 Å². The summed E-state index contributed by atoms with van der Waals surface area (Å²) in [5.41, 5.74) is 3.61. The monoisotopic (exact) mass is 326 g/mol. The minimum absolute atomic E-state index is 0.0427. The van der Waals surface area contributed by atoms with E-state index in [2.05, 4.69) is 42.5 Å². The number of hydrogen-bond acceptors (Lipinski definition) is 3. The number of nitrogens with zero attached hydrogens (tertiary/aromatic N) is 1. The molecule has 2 saturated carbocycles. The van der Waals surface area contributed by atoms with E-state index in [1.54, 1.807) is 0 Å². The third-order valence-electron chi connectivity index (χ3n) is 7.15. The molecule has 2 unspecified atom stereocenters. The third kappa shape index (κ3) is 1.83. The van der Waals surface area contributed by atoms with E-state index in [0.29, 0.717) is 12.5 Å². The van der Waals surface area contributed by atoms with Crippen molar-refractivity contribution >= 4 is 5.91 Å². The molecule has 3 aliphatic carbocycles. The molecule has 1 aromatic rings. The standard InChI is InChI=1S/C20H26N2O2/c1-4-21-18(23)17-16-12(2)6-5-7-13(16)14-8-9-19(3)11-20(14,17)10-15(19)22-24/h5-7,14-15,17H,4,8-11H2,1-3H3,(H,21,23)/t14?,15?,17-,19+,20-/m1/s1. The van der Waals surface area contributed by atoms with Crippen LogP contribution in [0, 0.1) is 22.7 Å². The fraction of sp³-hybridized carbons (Fsp3) is 0.650. The second kappa shape index (κ2) is 5.14. The van der Waals surface area contributed by atoms with Gasteiger partial charge in [0.05, 0.1) is 12.0 Å². The first kappa shape index (κ1) is 15.8. The fourth-order valence-corrected chi connectivity index (χ4v) is 6.24. The molecule has 0 saturated heterocycles. The highest BCUT2D eigenvalue weighted by molar-refractivity contribution is 5.87. The summed E-state index contributed by atoms with van der Waals surface area (Å²) in [5.74, 6) is 0.385. The Labute approximate surface area is 143 Å². The predicted molar refractivity (Wildman–Crippen MR) is 93.9 cm³/mol. The van der Waals surface area contributed by atoms with Gasteiger partial charge >= 0.3 is 0 Å². The van der Waals surface area contributed by atoms with Crippen LogP contribution >= 0.6 is 0 Å². The van der Waals surface area contributed by atoms with Crippen LogP contribution in [0.3, 0.4) is 0 Å². The van der Waals surface area contributed by atoms with Gasteiger partial charge in [-0.15, -0.1) is 0 Å². The van der Waals surface area contributed by atoms with E-state index in [9.17, 15) is 9.70 Å². The van der Waals surface area contributed by atoms with Crippen molar-refractivity contribution in [2.75, 3.05) is 6.54 Å². The summed E-state index contributed by atoms with van der Waals surface area (Å²) >= 11 is 0. The van der Waals surface area contributed by atoms with Gasteiger partial charge in [-0.1, -0.05) is 30.3 Å². The van der Waals surface area contributed by atoms with E-state index in [-0.39, 0.29) is 28.7 Å². The summed E-state index contributed by atoms with van der Waals surface area (Å²) in [6.07, 6.45) is 3.80. The van der Waals surface area contributed by atoms with E-state index in [1.165, 1.54) is 16.7 Å². The Hall–Kier alpha value is -1.71. The second-order valence-corrected chi connectivity index (χ2v) is 8.39.